The smallest absolute Gasteiger partial charge is 0.260 e. The van der Waals surface area contributed by atoms with E-state index < -0.39 is 0 Å². The lowest BCUT2D eigenvalue weighted by atomic mass is 10.0. The summed E-state index contributed by atoms with van der Waals surface area (Å²) in [7, 11) is 0. The molecule has 1 unspecified atom stereocenters. The maximum Gasteiger partial charge on any atom is 0.260 e. The van der Waals surface area contributed by atoms with Crippen molar-refractivity contribution in [1.29, 1.82) is 0 Å². The predicted octanol–water partition coefficient (Wildman–Crippen LogP) is 3.42. The van der Waals surface area contributed by atoms with Crippen LogP contribution in [0.15, 0.2) is 59.8 Å². The maximum absolute atomic E-state index is 12.4. The van der Waals surface area contributed by atoms with Crippen LogP contribution in [-0.4, -0.2) is 42.3 Å². The second kappa shape index (κ2) is 8.52. The Bertz CT molecular complexity index is 757. The van der Waals surface area contributed by atoms with Crippen LogP contribution < -0.4 is 4.74 Å². The fraction of sp³-hybridized carbons (Fsp3) is 0.333. The van der Waals surface area contributed by atoms with Crippen LogP contribution in [0.3, 0.4) is 0 Å². The van der Waals surface area contributed by atoms with Gasteiger partial charge in [0.25, 0.3) is 5.91 Å². The average molecular weight is 352 g/mol. The minimum Gasteiger partial charge on any atom is -0.484 e. The Balaban J connectivity index is 1.51. The maximum atomic E-state index is 12.4. The third-order valence-corrected chi connectivity index (χ3v) is 4.38. The second-order valence-electron chi connectivity index (χ2n) is 6.37. The highest BCUT2D eigenvalue weighted by molar-refractivity contribution is 6.01. The number of hydrogen-bond donors (Lipinski definition) is 0. The van der Waals surface area contributed by atoms with E-state index in [0.717, 1.165) is 11.3 Å². The Morgan fingerprint density at radius 3 is 2.62 bits per heavy atom. The minimum absolute atomic E-state index is 0.0241. The van der Waals surface area contributed by atoms with Crippen LogP contribution in [0.5, 0.6) is 5.75 Å². The standard InChI is InChI=1S/C21H24N2O3/c1-3-23(21(24)15-25-18-7-5-4-6-8-18)14-19-13-20(22-26-19)17-11-9-16(2)10-12-17/h4-12,19H,3,13-15H2,1-2H3. The van der Waals surface area contributed by atoms with Gasteiger partial charge in [-0.2, -0.15) is 0 Å². The van der Waals surface area contributed by atoms with E-state index in [1.165, 1.54) is 5.56 Å². The van der Waals surface area contributed by atoms with Gasteiger partial charge in [0, 0.05) is 13.0 Å². The molecule has 0 radical (unpaired) electrons. The zero-order chi connectivity index (χ0) is 18.4. The van der Waals surface area contributed by atoms with E-state index >= 15 is 0 Å². The number of nitrogens with zero attached hydrogens (tertiary/aromatic N) is 2. The first-order valence-electron chi connectivity index (χ1n) is 8.91. The van der Waals surface area contributed by atoms with E-state index in [1.54, 1.807) is 4.90 Å². The molecule has 1 aliphatic heterocycles. The van der Waals surface area contributed by atoms with Gasteiger partial charge in [-0.25, -0.2) is 0 Å². The van der Waals surface area contributed by atoms with Crippen LogP contribution in [0.1, 0.15) is 24.5 Å². The van der Waals surface area contributed by atoms with Gasteiger partial charge < -0.3 is 14.5 Å². The average Bonchev–Trinajstić information content (AvgIpc) is 3.14. The number of carbonyl (C=O) groups is 1. The van der Waals surface area contributed by atoms with E-state index in [0.29, 0.717) is 25.3 Å². The van der Waals surface area contributed by atoms with Crippen molar-refractivity contribution in [1.82, 2.24) is 4.90 Å². The minimum atomic E-state index is -0.119. The third-order valence-electron chi connectivity index (χ3n) is 4.38. The first-order valence-corrected chi connectivity index (χ1v) is 8.91. The van der Waals surface area contributed by atoms with E-state index in [4.69, 9.17) is 9.57 Å². The number of ether oxygens (including phenoxy) is 1. The molecule has 1 atom stereocenters. The van der Waals surface area contributed by atoms with Gasteiger partial charge in [0.15, 0.2) is 12.7 Å². The lowest BCUT2D eigenvalue weighted by Gasteiger charge is -2.23. The fourth-order valence-corrected chi connectivity index (χ4v) is 2.85. The number of hydrogen-bond acceptors (Lipinski definition) is 4. The SMILES string of the molecule is CCN(CC1CC(c2ccc(C)cc2)=NO1)C(=O)COc1ccccc1. The number of carbonyl (C=O) groups excluding carboxylic acids is 1. The molecule has 3 rings (SSSR count). The molecule has 0 spiro atoms. The van der Waals surface area contributed by atoms with Crippen LogP contribution in [0.2, 0.25) is 0 Å². The molecule has 0 aromatic heterocycles. The Kier molecular flexibility index (Phi) is 5.89. The van der Waals surface area contributed by atoms with E-state index in [1.807, 2.05) is 37.3 Å². The molecular formula is C21H24N2O3. The third kappa shape index (κ3) is 4.63. The molecule has 0 aliphatic carbocycles. The van der Waals surface area contributed by atoms with Crippen molar-refractivity contribution in [3.8, 4) is 5.75 Å². The quantitative estimate of drug-likeness (QED) is 0.767. The summed E-state index contributed by atoms with van der Waals surface area (Å²) in [4.78, 5) is 19.7. The van der Waals surface area contributed by atoms with E-state index in [2.05, 4.69) is 36.3 Å². The highest BCUT2D eigenvalue weighted by atomic mass is 16.6. The highest BCUT2D eigenvalue weighted by Crippen LogP contribution is 2.18. The van der Waals surface area contributed by atoms with Gasteiger partial charge in [0.2, 0.25) is 0 Å². The molecule has 2 aromatic rings. The summed E-state index contributed by atoms with van der Waals surface area (Å²) in [5.74, 6) is 0.641. The van der Waals surface area contributed by atoms with Gasteiger partial charge >= 0.3 is 0 Å². The molecule has 1 amide bonds. The largest absolute Gasteiger partial charge is 0.484 e. The van der Waals surface area contributed by atoms with Crippen LogP contribution in [0, 0.1) is 6.92 Å². The number of aryl methyl sites for hydroxylation is 1. The summed E-state index contributed by atoms with van der Waals surface area (Å²) in [6, 6.07) is 17.6. The van der Waals surface area contributed by atoms with Gasteiger partial charge in [0.05, 0.1) is 12.3 Å². The Morgan fingerprint density at radius 1 is 1.19 bits per heavy atom. The summed E-state index contributed by atoms with van der Waals surface area (Å²) in [5, 5.41) is 4.20. The molecule has 5 heteroatoms. The van der Waals surface area contributed by atoms with Gasteiger partial charge in [-0.1, -0.05) is 53.2 Å². The van der Waals surface area contributed by atoms with Crippen LogP contribution in [0.4, 0.5) is 0 Å². The van der Waals surface area contributed by atoms with Crippen molar-refractivity contribution in [3.05, 3.63) is 65.7 Å². The number of benzene rings is 2. The van der Waals surface area contributed by atoms with Crippen molar-refractivity contribution in [3.63, 3.8) is 0 Å². The Labute approximate surface area is 154 Å². The molecule has 2 aromatic carbocycles. The van der Waals surface area contributed by atoms with E-state index in [-0.39, 0.29) is 18.6 Å². The Hall–Kier alpha value is -2.82. The normalized spacial score (nSPS) is 15.9. The fourth-order valence-electron chi connectivity index (χ4n) is 2.85. The summed E-state index contributed by atoms with van der Waals surface area (Å²) in [6.07, 6.45) is 0.582. The first-order chi connectivity index (χ1) is 12.7. The number of amides is 1. The summed E-state index contributed by atoms with van der Waals surface area (Å²) < 4.78 is 5.56. The lowest BCUT2D eigenvalue weighted by Crippen LogP contribution is -2.40. The first kappa shape index (κ1) is 18.0. The van der Waals surface area contributed by atoms with Crippen LogP contribution in [0.25, 0.3) is 0 Å². The molecule has 1 heterocycles. The molecule has 0 saturated heterocycles. The molecule has 26 heavy (non-hydrogen) atoms. The van der Waals surface area contributed by atoms with E-state index in [9.17, 15) is 4.79 Å². The second-order valence-corrected chi connectivity index (χ2v) is 6.37. The van der Waals surface area contributed by atoms with Crippen LogP contribution >= 0.6 is 0 Å². The molecule has 5 nitrogen and oxygen atoms in total. The molecule has 0 fully saturated rings. The summed E-state index contributed by atoms with van der Waals surface area (Å²) in [5.41, 5.74) is 3.21. The molecule has 136 valence electrons. The number of para-hydroxylation sites is 1. The van der Waals surface area contributed by atoms with Crippen molar-refractivity contribution in [2.24, 2.45) is 5.16 Å². The predicted molar refractivity (Wildman–Crippen MR) is 101 cm³/mol. The summed E-state index contributed by atoms with van der Waals surface area (Å²) in [6.45, 7) is 5.15. The molecule has 0 saturated carbocycles. The van der Waals surface area contributed by atoms with Gasteiger partial charge in [-0.05, 0) is 31.5 Å². The van der Waals surface area contributed by atoms with Crippen molar-refractivity contribution in [2.45, 2.75) is 26.4 Å². The van der Waals surface area contributed by atoms with Crippen molar-refractivity contribution in [2.75, 3.05) is 19.7 Å². The Morgan fingerprint density at radius 2 is 1.92 bits per heavy atom. The zero-order valence-corrected chi connectivity index (χ0v) is 15.2. The van der Waals surface area contributed by atoms with Crippen molar-refractivity contribution >= 4 is 11.6 Å². The van der Waals surface area contributed by atoms with Gasteiger partial charge in [-0.3, -0.25) is 4.79 Å². The monoisotopic (exact) mass is 352 g/mol. The van der Waals surface area contributed by atoms with Crippen molar-refractivity contribution < 1.29 is 14.4 Å². The summed E-state index contributed by atoms with van der Waals surface area (Å²) >= 11 is 0. The number of oxime groups is 1. The number of rotatable bonds is 7. The van der Waals surface area contributed by atoms with Gasteiger partial charge in [-0.15, -0.1) is 0 Å². The molecule has 0 bridgehead atoms. The zero-order valence-electron chi connectivity index (χ0n) is 15.2. The molecule has 1 aliphatic rings. The number of likely N-dealkylation sites (N-methyl/N-ethyl adjacent to an activating group) is 1. The topological polar surface area (TPSA) is 51.1 Å². The molecular weight excluding hydrogens is 328 g/mol. The molecule has 0 N–H and O–H groups in total. The lowest BCUT2D eigenvalue weighted by molar-refractivity contribution is -0.134. The highest BCUT2D eigenvalue weighted by Gasteiger charge is 2.26. The van der Waals surface area contributed by atoms with Gasteiger partial charge in [0.1, 0.15) is 5.75 Å². The van der Waals surface area contributed by atoms with Crippen LogP contribution in [-0.2, 0) is 9.63 Å².